The smallest absolute Gasteiger partial charge is 0.170 e. The molecule has 1 fully saturated rings. The quantitative estimate of drug-likeness (QED) is 0.354. The molecule has 0 atom stereocenters. The number of rotatable bonds is 3. The highest BCUT2D eigenvalue weighted by Gasteiger charge is 2.28. The Hall–Kier alpha value is -1.51. The molecular weight excluding hydrogens is 200 g/mol. The molecule has 1 saturated carbocycles. The topological polar surface area (TPSA) is 58.6 Å². The van der Waals surface area contributed by atoms with Crippen LogP contribution in [0.5, 0.6) is 0 Å². The largest absolute Gasteiger partial charge is 0.409 e. The molecule has 1 aliphatic carbocycles. The van der Waals surface area contributed by atoms with E-state index in [1.807, 2.05) is 12.1 Å². The van der Waals surface area contributed by atoms with Crippen molar-refractivity contribution in [2.45, 2.75) is 32.1 Å². The summed E-state index contributed by atoms with van der Waals surface area (Å²) in [5, 5.41) is 11.5. The molecule has 0 radical (unpaired) electrons. The molecule has 0 aliphatic heterocycles. The van der Waals surface area contributed by atoms with Gasteiger partial charge in [0.05, 0.1) is 0 Å². The Labute approximate surface area is 96.0 Å². The van der Waals surface area contributed by atoms with Gasteiger partial charge in [0.25, 0.3) is 0 Å². The molecular formula is C13H18N2O. The van der Waals surface area contributed by atoms with Crippen molar-refractivity contribution in [3.05, 3.63) is 35.4 Å². The van der Waals surface area contributed by atoms with Crippen molar-refractivity contribution in [1.29, 1.82) is 0 Å². The van der Waals surface area contributed by atoms with Crippen LogP contribution in [0.15, 0.2) is 29.4 Å². The minimum Gasteiger partial charge on any atom is -0.409 e. The van der Waals surface area contributed by atoms with Crippen molar-refractivity contribution >= 4 is 5.84 Å². The number of amidine groups is 1. The summed E-state index contributed by atoms with van der Waals surface area (Å²) in [6.45, 7) is 2.25. The molecule has 1 aromatic carbocycles. The van der Waals surface area contributed by atoms with Gasteiger partial charge >= 0.3 is 0 Å². The SMILES string of the molecule is CCC1CC(c2ccc(/C(N)=N/O)cc2)C1. The molecule has 0 unspecified atom stereocenters. The van der Waals surface area contributed by atoms with Gasteiger partial charge in [0, 0.05) is 5.56 Å². The monoisotopic (exact) mass is 218 g/mol. The van der Waals surface area contributed by atoms with Gasteiger partial charge in [-0.15, -0.1) is 0 Å². The van der Waals surface area contributed by atoms with Crippen LogP contribution in [-0.4, -0.2) is 11.0 Å². The Morgan fingerprint density at radius 1 is 1.38 bits per heavy atom. The number of oxime groups is 1. The molecule has 0 aromatic heterocycles. The molecule has 0 bridgehead atoms. The van der Waals surface area contributed by atoms with Crippen LogP contribution in [0.25, 0.3) is 0 Å². The summed E-state index contributed by atoms with van der Waals surface area (Å²) in [6.07, 6.45) is 3.90. The summed E-state index contributed by atoms with van der Waals surface area (Å²) in [6, 6.07) is 8.02. The van der Waals surface area contributed by atoms with Crippen LogP contribution in [0.2, 0.25) is 0 Å². The fourth-order valence-corrected chi connectivity index (χ4v) is 2.32. The molecule has 86 valence electrons. The van der Waals surface area contributed by atoms with Crippen molar-refractivity contribution in [2.75, 3.05) is 0 Å². The van der Waals surface area contributed by atoms with E-state index in [1.54, 1.807) is 0 Å². The first-order chi connectivity index (χ1) is 7.74. The lowest BCUT2D eigenvalue weighted by Gasteiger charge is -2.35. The molecule has 0 amide bonds. The van der Waals surface area contributed by atoms with Crippen LogP contribution < -0.4 is 5.73 Å². The number of hydrogen-bond donors (Lipinski definition) is 2. The van der Waals surface area contributed by atoms with Crippen molar-refractivity contribution in [3.8, 4) is 0 Å². The van der Waals surface area contributed by atoms with Gasteiger partial charge < -0.3 is 10.9 Å². The van der Waals surface area contributed by atoms with E-state index >= 15 is 0 Å². The maximum Gasteiger partial charge on any atom is 0.170 e. The first-order valence-corrected chi connectivity index (χ1v) is 5.82. The van der Waals surface area contributed by atoms with Crippen molar-refractivity contribution < 1.29 is 5.21 Å². The van der Waals surface area contributed by atoms with E-state index in [2.05, 4.69) is 24.2 Å². The Morgan fingerprint density at radius 2 is 2.00 bits per heavy atom. The number of nitrogens with two attached hydrogens (primary N) is 1. The Kier molecular flexibility index (Phi) is 3.13. The van der Waals surface area contributed by atoms with Gasteiger partial charge in [-0.3, -0.25) is 0 Å². The first kappa shape index (κ1) is 11.0. The fourth-order valence-electron chi connectivity index (χ4n) is 2.32. The summed E-state index contributed by atoms with van der Waals surface area (Å²) in [5.74, 6) is 1.80. The number of benzene rings is 1. The van der Waals surface area contributed by atoms with Crippen molar-refractivity contribution in [2.24, 2.45) is 16.8 Å². The Bertz CT molecular complexity index is 377. The number of hydrogen-bond acceptors (Lipinski definition) is 2. The van der Waals surface area contributed by atoms with Gasteiger partial charge in [-0.1, -0.05) is 42.8 Å². The standard InChI is InChI=1S/C13H18N2O/c1-2-9-7-12(8-9)10-3-5-11(6-4-10)13(14)15-16/h3-6,9,12,16H,2,7-8H2,1H3,(H2,14,15). The summed E-state index contributed by atoms with van der Waals surface area (Å²) in [4.78, 5) is 0. The van der Waals surface area contributed by atoms with E-state index < -0.39 is 0 Å². The zero-order chi connectivity index (χ0) is 11.5. The average molecular weight is 218 g/mol. The van der Waals surface area contributed by atoms with Gasteiger partial charge in [0.1, 0.15) is 0 Å². The third-order valence-electron chi connectivity index (χ3n) is 3.60. The molecule has 2 rings (SSSR count). The second-order valence-electron chi connectivity index (χ2n) is 4.55. The van der Waals surface area contributed by atoms with E-state index in [-0.39, 0.29) is 5.84 Å². The minimum absolute atomic E-state index is 0.173. The summed E-state index contributed by atoms with van der Waals surface area (Å²) >= 11 is 0. The maximum absolute atomic E-state index is 8.55. The highest BCUT2D eigenvalue weighted by atomic mass is 16.4. The average Bonchev–Trinajstić information content (AvgIpc) is 2.27. The maximum atomic E-state index is 8.55. The molecule has 3 nitrogen and oxygen atoms in total. The number of nitrogens with zero attached hydrogens (tertiary/aromatic N) is 1. The summed E-state index contributed by atoms with van der Waals surface area (Å²) < 4.78 is 0. The minimum atomic E-state index is 0.173. The van der Waals surface area contributed by atoms with E-state index in [9.17, 15) is 0 Å². The molecule has 0 saturated heterocycles. The second-order valence-corrected chi connectivity index (χ2v) is 4.55. The highest BCUT2D eigenvalue weighted by Crippen LogP contribution is 2.42. The van der Waals surface area contributed by atoms with Crippen molar-refractivity contribution in [1.82, 2.24) is 0 Å². The molecule has 1 aliphatic rings. The van der Waals surface area contributed by atoms with Crippen LogP contribution in [-0.2, 0) is 0 Å². The summed E-state index contributed by atoms with van der Waals surface area (Å²) in [5.41, 5.74) is 7.66. The molecule has 0 heterocycles. The highest BCUT2D eigenvalue weighted by molar-refractivity contribution is 5.96. The predicted molar refractivity (Wildman–Crippen MR) is 64.7 cm³/mol. The van der Waals surface area contributed by atoms with Gasteiger partial charge in [0.15, 0.2) is 5.84 Å². The van der Waals surface area contributed by atoms with Gasteiger partial charge in [-0.25, -0.2) is 0 Å². The third-order valence-corrected chi connectivity index (χ3v) is 3.60. The zero-order valence-corrected chi connectivity index (χ0v) is 9.56. The molecule has 1 aromatic rings. The van der Waals surface area contributed by atoms with Crippen LogP contribution in [0.3, 0.4) is 0 Å². The van der Waals surface area contributed by atoms with Crippen LogP contribution in [0, 0.1) is 5.92 Å². The lowest BCUT2D eigenvalue weighted by Crippen LogP contribution is -2.21. The lowest BCUT2D eigenvalue weighted by atomic mass is 9.70. The normalized spacial score (nSPS) is 25.2. The van der Waals surface area contributed by atoms with E-state index in [0.29, 0.717) is 5.92 Å². The zero-order valence-electron chi connectivity index (χ0n) is 9.56. The lowest BCUT2D eigenvalue weighted by molar-refractivity contribution is 0.256. The van der Waals surface area contributed by atoms with Crippen molar-refractivity contribution in [3.63, 3.8) is 0 Å². The van der Waals surface area contributed by atoms with E-state index in [4.69, 9.17) is 10.9 Å². The van der Waals surface area contributed by atoms with Crippen LogP contribution in [0.4, 0.5) is 0 Å². The van der Waals surface area contributed by atoms with Crippen LogP contribution >= 0.6 is 0 Å². The third kappa shape index (κ3) is 2.03. The van der Waals surface area contributed by atoms with E-state index in [0.717, 1.165) is 11.5 Å². The molecule has 3 N–H and O–H groups in total. The fraction of sp³-hybridized carbons (Fsp3) is 0.462. The Balaban J connectivity index is 2.03. The second kappa shape index (κ2) is 4.56. The van der Waals surface area contributed by atoms with Gasteiger partial charge in [0.2, 0.25) is 0 Å². The molecule has 3 heteroatoms. The first-order valence-electron chi connectivity index (χ1n) is 5.82. The Morgan fingerprint density at radius 3 is 2.50 bits per heavy atom. The molecule has 0 spiro atoms. The van der Waals surface area contributed by atoms with Gasteiger partial charge in [-0.05, 0) is 30.2 Å². The predicted octanol–water partition coefficient (Wildman–Crippen LogP) is 2.68. The molecule has 16 heavy (non-hydrogen) atoms. The van der Waals surface area contributed by atoms with Gasteiger partial charge in [-0.2, -0.15) is 0 Å². The summed E-state index contributed by atoms with van der Waals surface area (Å²) in [7, 11) is 0. The van der Waals surface area contributed by atoms with E-state index in [1.165, 1.54) is 24.8 Å². The van der Waals surface area contributed by atoms with Crippen LogP contribution in [0.1, 0.15) is 43.2 Å².